The third-order valence-electron chi connectivity index (χ3n) is 4.87. The van der Waals surface area contributed by atoms with Crippen LogP contribution in [0.1, 0.15) is 0 Å². The van der Waals surface area contributed by atoms with Crippen LogP contribution in [0.15, 0.2) is 50.6 Å². The molecule has 0 saturated carbocycles. The lowest BCUT2D eigenvalue weighted by atomic mass is 10.1. The maximum absolute atomic E-state index is 6.42. The minimum absolute atomic E-state index is 0.0685. The Kier molecular flexibility index (Phi) is 8.58. The van der Waals surface area contributed by atoms with Crippen LogP contribution in [-0.4, -0.2) is 86.7 Å². The molecular formula is C20H32N2O3. The van der Waals surface area contributed by atoms with E-state index in [9.17, 15) is 0 Å². The highest BCUT2D eigenvalue weighted by Crippen LogP contribution is 2.20. The van der Waals surface area contributed by atoms with Gasteiger partial charge in [0.15, 0.2) is 0 Å². The molecule has 2 aliphatic heterocycles. The van der Waals surface area contributed by atoms with Crippen LogP contribution in [0.2, 0.25) is 0 Å². The monoisotopic (exact) mass is 348 g/mol. The van der Waals surface area contributed by atoms with Crippen LogP contribution in [0.3, 0.4) is 0 Å². The molecule has 0 aromatic carbocycles. The van der Waals surface area contributed by atoms with Gasteiger partial charge in [-0.25, -0.2) is 0 Å². The lowest BCUT2D eigenvalue weighted by Gasteiger charge is -2.40. The zero-order chi connectivity index (χ0) is 18.1. The van der Waals surface area contributed by atoms with Crippen molar-refractivity contribution >= 4 is 0 Å². The molecule has 5 nitrogen and oxygen atoms in total. The maximum Gasteiger partial charge on any atom is 0.0953 e. The molecule has 0 N–H and O–H groups in total. The highest BCUT2D eigenvalue weighted by atomic mass is 16.5. The second-order valence-corrected chi connectivity index (χ2v) is 6.29. The van der Waals surface area contributed by atoms with E-state index in [-0.39, 0.29) is 24.3 Å². The summed E-state index contributed by atoms with van der Waals surface area (Å²) in [6.45, 7) is 22.4. The van der Waals surface area contributed by atoms with Gasteiger partial charge in [-0.1, -0.05) is 24.3 Å². The van der Waals surface area contributed by atoms with Gasteiger partial charge in [0, 0.05) is 26.2 Å². The number of rotatable bonds is 10. The third kappa shape index (κ3) is 5.36. The van der Waals surface area contributed by atoms with Crippen LogP contribution >= 0.6 is 0 Å². The van der Waals surface area contributed by atoms with Gasteiger partial charge in [-0.05, 0) is 0 Å². The van der Waals surface area contributed by atoms with Crippen LogP contribution in [0.25, 0.3) is 0 Å². The highest BCUT2D eigenvalue weighted by Gasteiger charge is 2.31. The van der Waals surface area contributed by atoms with Crippen molar-refractivity contribution < 1.29 is 14.2 Å². The molecule has 25 heavy (non-hydrogen) atoms. The van der Waals surface area contributed by atoms with Crippen molar-refractivity contribution in [3.8, 4) is 0 Å². The molecule has 0 aromatic rings. The van der Waals surface area contributed by atoms with E-state index >= 15 is 0 Å². The van der Waals surface area contributed by atoms with E-state index in [2.05, 4.69) is 36.1 Å². The van der Waals surface area contributed by atoms with Gasteiger partial charge in [0.25, 0.3) is 0 Å². The van der Waals surface area contributed by atoms with Gasteiger partial charge in [0.05, 0.1) is 50.7 Å². The van der Waals surface area contributed by atoms with E-state index in [1.807, 2.05) is 24.3 Å². The molecule has 4 atom stereocenters. The molecule has 2 saturated heterocycles. The summed E-state index contributed by atoms with van der Waals surface area (Å²) in [5.74, 6) is 0. The highest BCUT2D eigenvalue weighted by molar-refractivity contribution is 5.07. The van der Waals surface area contributed by atoms with Gasteiger partial charge in [-0.15, -0.1) is 26.3 Å². The van der Waals surface area contributed by atoms with Gasteiger partial charge >= 0.3 is 0 Å². The Morgan fingerprint density at radius 3 is 1.28 bits per heavy atom. The molecule has 0 spiro atoms. The molecule has 0 bridgehead atoms. The third-order valence-corrected chi connectivity index (χ3v) is 4.87. The lowest BCUT2D eigenvalue weighted by molar-refractivity contribution is -0.0619. The molecule has 2 aliphatic rings. The normalized spacial score (nSPS) is 24.6. The molecule has 5 heteroatoms. The van der Waals surface area contributed by atoms with Gasteiger partial charge in [0.2, 0.25) is 0 Å². The molecular weight excluding hydrogens is 316 g/mol. The first-order valence-corrected chi connectivity index (χ1v) is 9.04. The predicted octanol–water partition coefficient (Wildman–Crippen LogP) is 1.89. The Labute approximate surface area is 152 Å². The number of morpholine rings is 2. The smallest absolute Gasteiger partial charge is 0.0953 e. The van der Waals surface area contributed by atoms with E-state index in [4.69, 9.17) is 14.2 Å². The Morgan fingerprint density at radius 2 is 1.00 bits per heavy atom. The summed E-state index contributed by atoms with van der Waals surface area (Å²) in [4.78, 5) is 4.67. The first kappa shape index (κ1) is 20.1. The Balaban J connectivity index is 2.06. The van der Waals surface area contributed by atoms with Crippen LogP contribution < -0.4 is 0 Å². The van der Waals surface area contributed by atoms with Crippen molar-refractivity contribution in [1.82, 2.24) is 9.80 Å². The zero-order valence-electron chi connectivity index (χ0n) is 15.2. The molecule has 0 amide bonds. The molecule has 0 aliphatic carbocycles. The number of ether oxygens (including phenoxy) is 3. The summed E-state index contributed by atoms with van der Waals surface area (Å²) in [6, 6.07) is 0.137. The molecule has 2 heterocycles. The van der Waals surface area contributed by atoms with Crippen molar-refractivity contribution in [1.29, 1.82) is 0 Å². The summed E-state index contributed by atoms with van der Waals surface area (Å²) in [5, 5.41) is 0. The fourth-order valence-corrected chi connectivity index (χ4v) is 3.47. The van der Waals surface area contributed by atoms with Crippen LogP contribution in [0.5, 0.6) is 0 Å². The maximum atomic E-state index is 6.42. The SMILES string of the molecule is C=CC(OC(C=C)C(C=C)N1CCOCC1)C(C=C)N1CCOCC1. The second kappa shape index (κ2) is 10.7. The fourth-order valence-electron chi connectivity index (χ4n) is 3.47. The second-order valence-electron chi connectivity index (χ2n) is 6.29. The van der Waals surface area contributed by atoms with Gasteiger partial charge in [-0.3, -0.25) is 9.80 Å². The lowest BCUT2D eigenvalue weighted by Crippen LogP contribution is -2.52. The fraction of sp³-hybridized carbons (Fsp3) is 0.600. The first-order chi connectivity index (χ1) is 12.2. The molecule has 0 aromatic heterocycles. The molecule has 140 valence electrons. The molecule has 2 rings (SSSR count). The quantitative estimate of drug-likeness (QED) is 0.563. The van der Waals surface area contributed by atoms with Crippen LogP contribution in [-0.2, 0) is 14.2 Å². The summed E-state index contributed by atoms with van der Waals surface area (Å²) >= 11 is 0. The minimum Gasteiger partial charge on any atom is -0.379 e. The molecule has 0 radical (unpaired) electrons. The first-order valence-electron chi connectivity index (χ1n) is 9.04. The van der Waals surface area contributed by atoms with E-state index in [0.717, 1.165) is 52.6 Å². The Bertz CT molecular complexity index is 402. The average molecular weight is 348 g/mol. The van der Waals surface area contributed by atoms with Gasteiger partial charge in [0.1, 0.15) is 0 Å². The largest absolute Gasteiger partial charge is 0.379 e. The number of nitrogens with zero attached hydrogens (tertiary/aromatic N) is 2. The average Bonchev–Trinajstić information content (AvgIpc) is 2.68. The van der Waals surface area contributed by atoms with E-state index < -0.39 is 0 Å². The van der Waals surface area contributed by atoms with E-state index in [0.29, 0.717) is 0 Å². The summed E-state index contributed by atoms with van der Waals surface area (Å²) < 4.78 is 17.3. The van der Waals surface area contributed by atoms with Gasteiger partial charge in [-0.2, -0.15) is 0 Å². The van der Waals surface area contributed by atoms with E-state index in [1.165, 1.54) is 0 Å². The van der Waals surface area contributed by atoms with E-state index in [1.54, 1.807) is 0 Å². The zero-order valence-corrected chi connectivity index (χ0v) is 15.2. The molecule has 4 unspecified atom stereocenters. The van der Waals surface area contributed by atoms with Gasteiger partial charge < -0.3 is 14.2 Å². The van der Waals surface area contributed by atoms with Crippen molar-refractivity contribution in [3.05, 3.63) is 50.6 Å². The van der Waals surface area contributed by atoms with Crippen molar-refractivity contribution in [2.45, 2.75) is 24.3 Å². The number of hydrogen-bond acceptors (Lipinski definition) is 5. The van der Waals surface area contributed by atoms with Crippen LogP contribution in [0, 0.1) is 0 Å². The molecule has 2 fully saturated rings. The summed E-state index contributed by atoms with van der Waals surface area (Å²) in [6.07, 6.45) is 7.27. The summed E-state index contributed by atoms with van der Waals surface area (Å²) in [7, 11) is 0. The standard InChI is InChI=1S/C20H32N2O3/c1-5-17(21-9-13-23-14-10-21)19(7-3)25-20(8-4)18(6-2)22-11-15-24-16-12-22/h5-8,17-20H,1-4,9-16H2. The Hall–Kier alpha value is -1.24. The van der Waals surface area contributed by atoms with Crippen molar-refractivity contribution in [2.24, 2.45) is 0 Å². The topological polar surface area (TPSA) is 34.2 Å². The minimum atomic E-state index is -0.165. The predicted molar refractivity (Wildman–Crippen MR) is 102 cm³/mol. The number of hydrogen-bond donors (Lipinski definition) is 0. The van der Waals surface area contributed by atoms with Crippen LogP contribution in [0.4, 0.5) is 0 Å². The summed E-state index contributed by atoms with van der Waals surface area (Å²) in [5.41, 5.74) is 0. The van der Waals surface area contributed by atoms with Crippen molar-refractivity contribution in [2.75, 3.05) is 52.6 Å². The van der Waals surface area contributed by atoms with Crippen molar-refractivity contribution in [3.63, 3.8) is 0 Å². The Morgan fingerprint density at radius 1 is 0.640 bits per heavy atom.